The molecule has 0 radical (unpaired) electrons. The number of aromatic carboxylic acids is 1. The van der Waals surface area contributed by atoms with Gasteiger partial charge in [-0.05, 0) is 30.3 Å². The Morgan fingerprint density at radius 1 is 1.24 bits per heavy atom. The summed E-state index contributed by atoms with van der Waals surface area (Å²) in [4.78, 5) is 12.8. The van der Waals surface area contributed by atoms with E-state index in [-0.39, 0.29) is 5.56 Å². The Kier molecular flexibility index (Phi) is 4.10. The van der Waals surface area contributed by atoms with Crippen LogP contribution in [0.2, 0.25) is 0 Å². The largest absolute Gasteiger partial charge is 0.495 e. The minimum absolute atomic E-state index is 0.0868. The molecule has 0 spiro atoms. The van der Waals surface area contributed by atoms with Crippen LogP contribution in [0.3, 0.4) is 0 Å². The molecule has 0 aliphatic heterocycles. The zero-order chi connectivity index (χ0) is 15.4. The van der Waals surface area contributed by atoms with Crippen LogP contribution in [0.25, 0.3) is 0 Å². The highest BCUT2D eigenvalue weighted by Gasteiger charge is 2.15. The summed E-state index contributed by atoms with van der Waals surface area (Å²) in [7, 11) is 3.37. The monoisotopic (exact) mass is 282 g/mol. The van der Waals surface area contributed by atoms with Gasteiger partial charge < -0.3 is 14.7 Å². The molecule has 21 heavy (non-hydrogen) atoms. The van der Waals surface area contributed by atoms with Gasteiger partial charge in [-0.2, -0.15) is 5.26 Å². The standard InChI is InChI=1S/C16H14N2O3/c1-18(14-5-3-4-6-15(14)21-2)13-8-7-11(16(19)20)9-12(13)10-17/h3-9H,1-2H3,(H,19,20). The summed E-state index contributed by atoms with van der Waals surface area (Å²) < 4.78 is 5.30. The smallest absolute Gasteiger partial charge is 0.335 e. The van der Waals surface area contributed by atoms with Gasteiger partial charge in [0, 0.05) is 7.05 Å². The highest BCUT2D eigenvalue weighted by Crippen LogP contribution is 2.34. The summed E-state index contributed by atoms with van der Waals surface area (Å²) in [6, 6.07) is 13.9. The van der Waals surface area contributed by atoms with Gasteiger partial charge in [-0.25, -0.2) is 4.79 Å². The van der Waals surface area contributed by atoms with Crippen LogP contribution in [0.5, 0.6) is 5.75 Å². The van der Waals surface area contributed by atoms with Crippen LogP contribution in [0.15, 0.2) is 42.5 Å². The molecule has 5 heteroatoms. The predicted octanol–water partition coefficient (Wildman–Crippen LogP) is 3.03. The molecule has 2 rings (SSSR count). The first-order valence-corrected chi connectivity index (χ1v) is 6.22. The number of para-hydroxylation sites is 2. The van der Waals surface area contributed by atoms with Crippen molar-refractivity contribution in [1.82, 2.24) is 0 Å². The van der Waals surface area contributed by atoms with Crippen molar-refractivity contribution in [2.75, 3.05) is 19.1 Å². The van der Waals surface area contributed by atoms with Gasteiger partial charge in [0.15, 0.2) is 0 Å². The molecular weight excluding hydrogens is 268 g/mol. The Labute approximate surface area is 122 Å². The number of nitrogens with zero attached hydrogens (tertiary/aromatic N) is 2. The number of ether oxygens (including phenoxy) is 1. The van der Waals surface area contributed by atoms with Crippen LogP contribution in [0, 0.1) is 11.3 Å². The molecular formula is C16H14N2O3. The molecule has 0 fully saturated rings. The molecule has 2 aromatic carbocycles. The number of carboxylic acid groups (broad SMARTS) is 1. The summed E-state index contributed by atoms with van der Waals surface area (Å²) in [6.07, 6.45) is 0. The quantitative estimate of drug-likeness (QED) is 0.933. The minimum Gasteiger partial charge on any atom is -0.495 e. The second-order valence-corrected chi connectivity index (χ2v) is 4.38. The topological polar surface area (TPSA) is 73.6 Å². The van der Waals surface area contributed by atoms with Crippen LogP contribution in [0.1, 0.15) is 15.9 Å². The summed E-state index contributed by atoms with van der Waals surface area (Å²) in [5.41, 5.74) is 1.79. The van der Waals surface area contributed by atoms with Crippen molar-refractivity contribution in [3.05, 3.63) is 53.6 Å². The van der Waals surface area contributed by atoms with E-state index in [1.54, 1.807) is 25.1 Å². The lowest BCUT2D eigenvalue weighted by Gasteiger charge is -2.23. The summed E-state index contributed by atoms with van der Waals surface area (Å²) in [5.74, 6) is -0.385. The van der Waals surface area contributed by atoms with E-state index in [2.05, 4.69) is 0 Å². The average Bonchev–Trinajstić information content (AvgIpc) is 2.53. The molecule has 0 heterocycles. The molecule has 0 unspecified atom stereocenters. The lowest BCUT2D eigenvalue weighted by Crippen LogP contribution is -2.13. The van der Waals surface area contributed by atoms with E-state index in [0.717, 1.165) is 5.69 Å². The van der Waals surface area contributed by atoms with Crippen molar-refractivity contribution in [2.45, 2.75) is 0 Å². The van der Waals surface area contributed by atoms with Crippen molar-refractivity contribution in [3.63, 3.8) is 0 Å². The maximum atomic E-state index is 11.0. The number of carbonyl (C=O) groups is 1. The van der Waals surface area contributed by atoms with Crippen molar-refractivity contribution < 1.29 is 14.6 Å². The number of benzene rings is 2. The molecule has 0 atom stereocenters. The van der Waals surface area contributed by atoms with E-state index >= 15 is 0 Å². The van der Waals surface area contributed by atoms with Crippen LogP contribution in [0.4, 0.5) is 11.4 Å². The number of nitriles is 1. The molecule has 5 nitrogen and oxygen atoms in total. The molecule has 106 valence electrons. The highest BCUT2D eigenvalue weighted by atomic mass is 16.5. The third-order valence-electron chi connectivity index (χ3n) is 3.17. The predicted molar refractivity (Wildman–Crippen MR) is 79.2 cm³/mol. The molecule has 0 aliphatic carbocycles. The van der Waals surface area contributed by atoms with Crippen LogP contribution < -0.4 is 9.64 Å². The number of hydrogen-bond donors (Lipinski definition) is 1. The minimum atomic E-state index is -1.06. The number of carboxylic acids is 1. The van der Waals surface area contributed by atoms with Gasteiger partial charge in [-0.3, -0.25) is 0 Å². The number of hydrogen-bond acceptors (Lipinski definition) is 4. The van der Waals surface area contributed by atoms with Gasteiger partial charge in [0.1, 0.15) is 11.8 Å². The Hall–Kier alpha value is -3.00. The van der Waals surface area contributed by atoms with Gasteiger partial charge in [0.05, 0.1) is 29.6 Å². The van der Waals surface area contributed by atoms with Crippen molar-refractivity contribution in [1.29, 1.82) is 5.26 Å². The van der Waals surface area contributed by atoms with Gasteiger partial charge in [-0.1, -0.05) is 12.1 Å². The fraction of sp³-hybridized carbons (Fsp3) is 0.125. The zero-order valence-electron chi connectivity index (χ0n) is 11.7. The first-order chi connectivity index (χ1) is 10.1. The van der Waals surface area contributed by atoms with E-state index < -0.39 is 5.97 Å². The number of rotatable bonds is 4. The molecule has 0 saturated carbocycles. The average molecular weight is 282 g/mol. The second kappa shape index (κ2) is 5.97. The van der Waals surface area contributed by atoms with Crippen LogP contribution >= 0.6 is 0 Å². The summed E-state index contributed by atoms with van der Waals surface area (Å²) >= 11 is 0. The van der Waals surface area contributed by atoms with Gasteiger partial charge in [0.2, 0.25) is 0 Å². The van der Waals surface area contributed by atoms with E-state index in [0.29, 0.717) is 17.0 Å². The first-order valence-electron chi connectivity index (χ1n) is 6.22. The lowest BCUT2D eigenvalue weighted by molar-refractivity contribution is 0.0697. The maximum Gasteiger partial charge on any atom is 0.335 e. The summed E-state index contributed by atoms with van der Waals surface area (Å²) in [5, 5.41) is 18.2. The first kappa shape index (κ1) is 14.4. The van der Waals surface area contributed by atoms with Crippen LogP contribution in [-0.2, 0) is 0 Å². The van der Waals surface area contributed by atoms with Gasteiger partial charge >= 0.3 is 5.97 Å². The summed E-state index contributed by atoms with van der Waals surface area (Å²) in [6.45, 7) is 0. The third kappa shape index (κ3) is 2.79. The fourth-order valence-corrected chi connectivity index (χ4v) is 2.09. The highest BCUT2D eigenvalue weighted by molar-refractivity contribution is 5.89. The van der Waals surface area contributed by atoms with Gasteiger partial charge in [-0.15, -0.1) is 0 Å². The molecule has 0 amide bonds. The Morgan fingerprint density at radius 2 is 1.95 bits per heavy atom. The Morgan fingerprint density at radius 3 is 2.57 bits per heavy atom. The molecule has 0 saturated heterocycles. The maximum absolute atomic E-state index is 11.0. The van der Waals surface area contributed by atoms with Gasteiger partial charge in [0.25, 0.3) is 0 Å². The van der Waals surface area contributed by atoms with E-state index in [4.69, 9.17) is 9.84 Å². The molecule has 0 aromatic heterocycles. The van der Waals surface area contributed by atoms with Crippen molar-refractivity contribution >= 4 is 17.3 Å². The van der Waals surface area contributed by atoms with Crippen molar-refractivity contribution in [2.24, 2.45) is 0 Å². The molecule has 0 bridgehead atoms. The SMILES string of the molecule is COc1ccccc1N(C)c1ccc(C(=O)O)cc1C#N. The van der Waals surface area contributed by atoms with E-state index in [1.165, 1.54) is 12.1 Å². The second-order valence-electron chi connectivity index (χ2n) is 4.38. The third-order valence-corrected chi connectivity index (χ3v) is 3.17. The van der Waals surface area contributed by atoms with E-state index in [1.807, 2.05) is 30.3 Å². The number of methoxy groups -OCH3 is 1. The lowest BCUT2D eigenvalue weighted by atomic mass is 10.1. The zero-order valence-corrected chi connectivity index (χ0v) is 11.7. The normalized spacial score (nSPS) is 9.76. The molecule has 0 aliphatic rings. The Bertz CT molecular complexity index is 720. The fourth-order valence-electron chi connectivity index (χ4n) is 2.09. The van der Waals surface area contributed by atoms with E-state index in [9.17, 15) is 10.1 Å². The molecule has 1 N–H and O–H groups in total. The number of anilines is 2. The molecule has 2 aromatic rings. The van der Waals surface area contributed by atoms with Crippen LogP contribution in [-0.4, -0.2) is 25.2 Å². The Balaban J connectivity index is 2.51. The van der Waals surface area contributed by atoms with Crippen molar-refractivity contribution in [3.8, 4) is 11.8 Å².